The van der Waals surface area contributed by atoms with E-state index in [0.29, 0.717) is 5.02 Å². The molecule has 29 heavy (non-hydrogen) atoms. The van der Waals surface area contributed by atoms with Crippen LogP contribution in [0.5, 0.6) is 11.5 Å². The molecule has 0 spiro atoms. The van der Waals surface area contributed by atoms with Gasteiger partial charge in [0.15, 0.2) is 16.2 Å². The van der Waals surface area contributed by atoms with E-state index in [-0.39, 0.29) is 31.8 Å². The van der Waals surface area contributed by atoms with Crippen LogP contribution in [0.25, 0.3) is 0 Å². The Kier molecular flexibility index (Phi) is 5.98. The Balaban J connectivity index is 2.63. The summed E-state index contributed by atoms with van der Waals surface area (Å²) in [6.45, 7) is 0. The third kappa shape index (κ3) is 3.65. The van der Waals surface area contributed by atoms with E-state index in [4.69, 9.17) is 46.4 Å². The number of benzene rings is 3. The fourth-order valence-electron chi connectivity index (χ4n) is 3.20. The summed E-state index contributed by atoms with van der Waals surface area (Å²) in [5, 5.41) is 20.6. The number of hydrogen-bond acceptors (Lipinski definition) is 4. The fraction of sp³-hybridized carbons (Fsp3) is 0.0526. The Bertz CT molecular complexity index is 1200. The first kappa shape index (κ1) is 22.0. The van der Waals surface area contributed by atoms with Crippen molar-refractivity contribution in [2.24, 2.45) is 0 Å². The van der Waals surface area contributed by atoms with Gasteiger partial charge in [-0.3, -0.25) is 4.55 Å². The molecule has 0 aliphatic carbocycles. The molecule has 3 aromatic rings. The molecule has 5 nitrogen and oxygen atoms in total. The van der Waals surface area contributed by atoms with E-state index in [1.165, 1.54) is 48.5 Å². The molecule has 3 aromatic carbocycles. The van der Waals surface area contributed by atoms with Crippen LogP contribution in [0, 0.1) is 0 Å². The molecule has 0 saturated heterocycles. The van der Waals surface area contributed by atoms with Crippen LogP contribution in [0.15, 0.2) is 54.6 Å². The molecule has 0 saturated carbocycles. The number of para-hydroxylation sites is 1. The van der Waals surface area contributed by atoms with Crippen molar-refractivity contribution in [3.8, 4) is 11.5 Å². The highest BCUT2D eigenvalue weighted by molar-refractivity contribution is 7.87. The number of halogens is 4. The summed E-state index contributed by atoms with van der Waals surface area (Å²) in [5.74, 6) is -1.37. The van der Waals surface area contributed by atoms with Gasteiger partial charge >= 0.3 is 0 Å². The minimum Gasteiger partial charge on any atom is -0.504 e. The average Bonchev–Trinajstić information content (AvgIpc) is 2.63. The summed E-state index contributed by atoms with van der Waals surface area (Å²) in [7, 11) is -5.11. The maximum atomic E-state index is 13.0. The van der Waals surface area contributed by atoms with Crippen molar-refractivity contribution >= 4 is 56.5 Å². The van der Waals surface area contributed by atoms with E-state index < -0.39 is 26.4 Å². The van der Waals surface area contributed by atoms with Crippen LogP contribution in [0.2, 0.25) is 20.1 Å². The van der Waals surface area contributed by atoms with Crippen LogP contribution in [0.3, 0.4) is 0 Å². The van der Waals surface area contributed by atoms with E-state index in [1.807, 2.05) is 0 Å². The second kappa shape index (κ2) is 7.87. The van der Waals surface area contributed by atoms with Gasteiger partial charge in [0, 0.05) is 21.2 Å². The predicted molar refractivity (Wildman–Crippen MR) is 114 cm³/mol. The second-order valence-electron chi connectivity index (χ2n) is 6.09. The van der Waals surface area contributed by atoms with E-state index >= 15 is 0 Å². The molecule has 3 N–H and O–H groups in total. The molecule has 0 fully saturated rings. The van der Waals surface area contributed by atoms with Crippen LogP contribution in [-0.4, -0.2) is 23.2 Å². The summed E-state index contributed by atoms with van der Waals surface area (Å²) in [6, 6.07) is 11.7. The molecule has 0 amide bonds. The zero-order valence-corrected chi connectivity index (χ0v) is 18.1. The lowest BCUT2D eigenvalue weighted by atomic mass is 9.83. The molecule has 0 aliphatic heterocycles. The average molecular weight is 494 g/mol. The van der Waals surface area contributed by atoms with E-state index in [2.05, 4.69) is 0 Å². The van der Waals surface area contributed by atoms with Crippen molar-refractivity contribution in [1.82, 2.24) is 0 Å². The Labute approximate surface area is 186 Å². The lowest BCUT2D eigenvalue weighted by Gasteiger charge is -2.34. The third-order valence-electron chi connectivity index (χ3n) is 4.40. The Morgan fingerprint density at radius 2 is 1.41 bits per heavy atom. The molecule has 152 valence electrons. The Morgan fingerprint density at radius 1 is 0.793 bits per heavy atom. The van der Waals surface area contributed by atoms with Gasteiger partial charge in [0.05, 0.1) is 10.0 Å². The first-order chi connectivity index (χ1) is 13.5. The topological polar surface area (TPSA) is 94.8 Å². The number of rotatable bonds is 4. The summed E-state index contributed by atoms with van der Waals surface area (Å²) in [5.41, 5.74) is -0.601. The molecule has 1 atom stereocenters. The SMILES string of the molecule is O=S(=O)(O)C(c1ccc(Cl)cc1)(c1cccc(O)c1O)c1cc(Cl)cc(Cl)c1Cl. The van der Waals surface area contributed by atoms with Crippen molar-refractivity contribution in [2.45, 2.75) is 4.75 Å². The van der Waals surface area contributed by atoms with E-state index in [9.17, 15) is 23.2 Å². The largest absolute Gasteiger partial charge is 0.504 e. The monoisotopic (exact) mass is 492 g/mol. The third-order valence-corrected chi connectivity index (χ3v) is 7.13. The highest BCUT2D eigenvalue weighted by Crippen LogP contribution is 2.52. The molecule has 1 unspecified atom stereocenters. The summed E-state index contributed by atoms with van der Waals surface area (Å²) in [6.07, 6.45) is 0. The zero-order valence-electron chi connectivity index (χ0n) is 14.3. The van der Waals surface area contributed by atoms with Gasteiger partial charge in [-0.1, -0.05) is 70.7 Å². The number of aromatic hydroxyl groups is 2. The molecule has 0 aromatic heterocycles. The summed E-state index contributed by atoms with van der Waals surface area (Å²) < 4.78 is 33.9. The van der Waals surface area contributed by atoms with E-state index in [1.54, 1.807) is 0 Å². The Morgan fingerprint density at radius 3 is 2.00 bits per heavy atom. The molecule has 0 radical (unpaired) electrons. The van der Waals surface area contributed by atoms with Gasteiger partial charge in [0.1, 0.15) is 0 Å². The highest BCUT2D eigenvalue weighted by atomic mass is 35.5. The van der Waals surface area contributed by atoms with Crippen molar-refractivity contribution in [2.75, 3.05) is 0 Å². The van der Waals surface area contributed by atoms with Gasteiger partial charge in [0.25, 0.3) is 10.1 Å². The highest BCUT2D eigenvalue weighted by Gasteiger charge is 2.52. The van der Waals surface area contributed by atoms with Crippen molar-refractivity contribution in [3.63, 3.8) is 0 Å². The molecule has 0 bridgehead atoms. The van der Waals surface area contributed by atoms with Crippen LogP contribution >= 0.6 is 46.4 Å². The van der Waals surface area contributed by atoms with Crippen LogP contribution in [0.4, 0.5) is 0 Å². The number of phenols is 2. The molecule has 3 rings (SSSR count). The van der Waals surface area contributed by atoms with Gasteiger partial charge in [0.2, 0.25) is 0 Å². The van der Waals surface area contributed by atoms with Gasteiger partial charge in [-0.25, -0.2) is 0 Å². The number of hydrogen-bond donors (Lipinski definition) is 3. The zero-order chi connectivity index (χ0) is 21.6. The van der Waals surface area contributed by atoms with Gasteiger partial charge < -0.3 is 10.2 Å². The molecule has 10 heteroatoms. The standard InChI is InChI=1S/C19H12Cl4O5S/c20-11-6-4-10(5-7-11)19(29(26,27)28,13-2-1-3-16(24)18(13)25)14-8-12(21)9-15(22)17(14)23/h1-9,24-25H,(H,26,27,28). The van der Waals surface area contributed by atoms with Crippen molar-refractivity contribution in [3.05, 3.63) is 91.4 Å². The first-order valence-electron chi connectivity index (χ1n) is 7.89. The van der Waals surface area contributed by atoms with Crippen LogP contribution < -0.4 is 0 Å². The number of phenolic OH excluding ortho intramolecular Hbond substituents is 2. The van der Waals surface area contributed by atoms with Gasteiger partial charge in [-0.05, 0) is 35.9 Å². The van der Waals surface area contributed by atoms with Gasteiger partial charge in [-0.2, -0.15) is 8.42 Å². The van der Waals surface area contributed by atoms with E-state index in [0.717, 1.165) is 6.07 Å². The molecular formula is C19H12Cl4O5S. The lowest BCUT2D eigenvalue weighted by Crippen LogP contribution is -2.38. The molecule has 0 heterocycles. The quantitative estimate of drug-likeness (QED) is 0.182. The maximum absolute atomic E-state index is 13.0. The fourth-order valence-corrected chi connectivity index (χ4v) is 5.44. The van der Waals surface area contributed by atoms with Gasteiger partial charge in [-0.15, -0.1) is 0 Å². The molecule has 0 aliphatic rings. The molecular weight excluding hydrogens is 482 g/mol. The van der Waals surface area contributed by atoms with Crippen molar-refractivity contribution < 1.29 is 23.2 Å². The van der Waals surface area contributed by atoms with Crippen molar-refractivity contribution in [1.29, 1.82) is 0 Å². The first-order valence-corrected chi connectivity index (χ1v) is 10.8. The predicted octanol–water partition coefficient (Wildman–Crippen LogP) is 5.89. The lowest BCUT2D eigenvalue weighted by molar-refractivity contribution is 0.393. The van der Waals surface area contributed by atoms with Crippen LogP contribution in [-0.2, 0) is 14.9 Å². The summed E-state index contributed by atoms with van der Waals surface area (Å²) in [4.78, 5) is 0. The minimum atomic E-state index is -5.11. The Hall–Kier alpha value is -1.67. The maximum Gasteiger partial charge on any atom is 0.283 e. The minimum absolute atomic E-state index is 0.0227. The summed E-state index contributed by atoms with van der Waals surface area (Å²) >= 11 is 24.5. The van der Waals surface area contributed by atoms with Crippen LogP contribution in [0.1, 0.15) is 16.7 Å². The smallest absolute Gasteiger partial charge is 0.283 e. The normalized spacial score (nSPS) is 13.8. The second-order valence-corrected chi connectivity index (χ2v) is 9.31.